The van der Waals surface area contributed by atoms with E-state index >= 15 is 0 Å². The fourth-order valence-electron chi connectivity index (χ4n) is 1.47. The van der Waals surface area contributed by atoms with E-state index in [1.807, 2.05) is 17.5 Å². The summed E-state index contributed by atoms with van der Waals surface area (Å²) >= 11 is 1.45. The molecule has 0 aliphatic carbocycles. The quantitative estimate of drug-likeness (QED) is 0.308. The molecule has 0 N–H and O–H groups in total. The Kier molecular flexibility index (Phi) is 6.39. The van der Waals surface area contributed by atoms with Crippen LogP contribution in [0.1, 0.15) is 24.8 Å². The predicted octanol–water partition coefficient (Wildman–Crippen LogP) is 4.37. The van der Waals surface area contributed by atoms with Gasteiger partial charge in [0.1, 0.15) is 0 Å². The first kappa shape index (κ1) is 15.2. The Labute approximate surface area is 110 Å². The van der Waals surface area contributed by atoms with E-state index in [-0.39, 0.29) is 6.16 Å². The van der Waals surface area contributed by atoms with Crippen molar-refractivity contribution < 1.29 is 13.6 Å². The number of rotatable bonds is 8. The van der Waals surface area contributed by atoms with Gasteiger partial charge in [0.2, 0.25) is 0 Å². The molecule has 0 aliphatic rings. The lowest BCUT2D eigenvalue weighted by Gasteiger charge is -2.19. The molecular formula is C10H16N3O3PS. The highest BCUT2D eigenvalue weighted by Gasteiger charge is 2.29. The highest BCUT2D eigenvalue weighted by atomic mass is 32.1. The van der Waals surface area contributed by atoms with Gasteiger partial charge in [0.25, 0.3) is 0 Å². The van der Waals surface area contributed by atoms with Gasteiger partial charge < -0.3 is 9.05 Å². The Morgan fingerprint density at radius 1 is 1.50 bits per heavy atom. The van der Waals surface area contributed by atoms with E-state index in [9.17, 15) is 4.57 Å². The molecule has 100 valence electrons. The molecule has 1 aromatic heterocycles. The van der Waals surface area contributed by atoms with Crippen LogP contribution < -0.4 is 0 Å². The molecule has 0 amide bonds. The number of hydrogen-bond acceptors (Lipinski definition) is 5. The van der Waals surface area contributed by atoms with Crippen LogP contribution in [0.3, 0.4) is 0 Å². The molecule has 0 aromatic carbocycles. The maximum absolute atomic E-state index is 12.4. The van der Waals surface area contributed by atoms with Crippen LogP contribution in [0.5, 0.6) is 0 Å². The van der Waals surface area contributed by atoms with Crippen molar-refractivity contribution in [2.75, 3.05) is 19.4 Å². The molecule has 1 aromatic rings. The largest absolute Gasteiger partial charge is 0.331 e. The highest BCUT2D eigenvalue weighted by Crippen LogP contribution is 2.51. The van der Waals surface area contributed by atoms with E-state index in [0.29, 0.717) is 13.2 Å². The Balaban J connectivity index is 2.87. The molecule has 0 saturated carbocycles. The van der Waals surface area contributed by atoms with E-state index < -0.39 is 13.6 Å². The predicted molar refractivity (Wildman–Crippen MR) is 71.9 cm³/mol. The molecule has 18 heavy (non-hydrogen) atoms. The minimum absolute atomic E-state index is 0.0687. The van der Waals surface area contributed by atoms with Gasteiger partial charge in [0.05, 0.1) is 25.4 Å². The van der Waals surface area contributed by atoms with Crippen LogP contribution in [-0.2, 0) is 13.6 Å². The molecule has 0 saturated heterocycles. The second kappa shape index (κ2) is 7.56. The first-order valence-corrected chi connectivity index (χ1v) is 8.21. The maximum Gasteiger partial charge on any atom is 0.331 e. The SMILES string of the molecule is CCOP(=O)(CC(N=[N+]=[N-])c1cccs1)OCC. The fraction of sp³-hybridized carbons (Fsp3) is 0.600. The highest BCUT2D eigenvalue weighted by molar-refractivity contribution is 7.53. The molecule has 8 heteroatoms. The minimum atomic E-state index is -3.20. The average Bonchev–Trinajstić information content (AvgIpc) is 2.82. The minimum Gasteiger partial charge on any atom is -0.309 e. The van der Waals surface area contributed by atoms with Crippen LogP contribution in [0.2, 0.25) is 0 Å². The van der Waals surface area contributed by atoms with E-state index in [0.717, 1.165) is 4.88 Å². The molecule has 0 spiro atoms. The Hall–Kier alpha value is -0.840. The van der Waals surface area contributed by atoms with Crippen LogP contribution >= 0.6 is 18.9 Å². The Morgan fingerprint density at radius 3 is 2.61 bits per heavy atom. The van der Waals surface area contributed by atoms with Gasteiger partial charge in [-0.05, 0) is 30.8 Å². The van der Waals surface area contributed by atoms with Gasteiger partial charge in [-0.3, -0.25) is 4.57 Å². The summed E-state index contributed by atoms with van der Waals surface area (Å²) in [6.07, 6.45) is 0.0687. The van der Waals surface area contributed by atoms with Crippen LogP contribution in [0.25, 0.3) is 10.4 Å². The second-order valence-electron chi connectivity index (χ2n) is 3.37. The average molecular weight is 289 g/mol. The Morgan fingerprint density at radius 2 is 2.17 bits per heavy atom. The molecule has 0 fully saturated rings. The van der Waals surface area contributed by atoms with Crippen molar-refractivity contribution in [1.29, 1.82) is 0 Å². The van der Waals surface area contributed by atoms with E-state index in [1.165, 1.54) is 11.3 Å². The van der Waals surface area contributed by atoms with Gasteiger partial charge in [-0.1, -0.05) is 11.2 Å². The van der Waals surface area contributed by atoms with Crippen molar-refractivity contribution in [3.05, 3.63) is 32.8 Å². The Bertz CT molecular complexity index is 435. The monoisotopic (exact) mass is 289 g/mol. The van der Waals surface area contributed by atoms with Crippen LogP contribution in [0.4, 0.5) is 0 Å². The summed E-state index contributed by atoms with van der Waals surface area (Å²) in [5.41, 5.74) is 8.58. The van der Waals surface area contributed by atoms with Crippen molar-refractivity contribution in [1.82, 2.24) is 0 Å². The fourth-order valence-corrected chi connectivity index (χ4v) is 4.12. The first-order chi connectivity index (χ1) is 8.65. The van der Waals surface area contributed by atoms with Crippen molar-refractivity contribution in [2.45, 2.75) is 19.9 Å². The maximum atomic E-state index is 12.4. The summed E-state index contributed by atoms with van der Waals surface area (Å²) < 4.78 is 22.8. The number of azide groups is 1. The van der Waals surface area contributed by atoms with Crippen molar-refractivity contribution in [3.8, 4) is 0 Å². The zero-order chi connectivity index (χ0) is 13.4. The summed E-state index contributed by atoms with van der Waals surface area (Å²) in [6.45, 7) is 4.09. The topological polar surface area (TPSA) is 84.3 Å². The molecule has 0 radical (unpaired) electrons. The molecule has 1 heterocycles. The normalized spacial score (nSPS) is 13.0. The first-order valence-electron chi connectivity index (χ1n) is 5.61. The number of nitrogens with zero attached hydrogens (tertiary/aromatic N) is 3. The van der Waals surface area contributed by atoms with Gasteiger partial charge in [-0.2, -0.15) is 0 Å². The smallest absolute Gasteiger partial charge is 0.309 e. The third-order valence-corrected chi connectivity index (χ3v) is 5.18. The lowest BCUT2D eigenvalue weighted by atomic mass is 10.3. The summed E-state index contributed by atoms with van der Waals surface area (Å²) in [4.78, 5) is 3.65. The van der Waals surface area contributed by atoms with Crippen molar-refractivity contribution >= 4 is 18.9 Å². The molecule has 6 nitrogen and oxygen atoms in total. The van der Waals surface area contributed by atoms with Crippen molar-refractivity contribution in [3.63, 3.8) is 0 Å². The zero-order valence-corrected chi connectivity index (χ0v) is 12.1. The van der Waals surface area contributed by atoms with Gasteiger partial charge in [-0.25, -0.2) is 0 Å². The summed E-state index contributed by atoms with van der Waals surface area (Å²) in [5, 5.41) is 5.55. The summed E-state index contributed by atoms with van der Waals surface area (Å²) in [7, 11) is -3.20. The third kappa shape index (κ3) is 4.44. The van der Waals surface area contributed by atoms with E-state index in [4.69, 9.17) is 14.6 Å². The molecule has 1 rings (SSSR count). The molecule has 0 aliphatic heterocycles. The van der Waals surface area contributed by atoms with Gasteiger partial charge in [-0.15, -0.1) is 11.3 Å². The van der Waals surface area contributed by atoms with Gasteiger partial charge in [0, 0.05) is 9.79 Å². The lowest BCUT2D eigenvalue weighted by Crippen LogP contribution is -2.06. The summed E-state index contributed by atoms with van der Waals surface area (Å²) in [6, 6.07) is 3.18. The van der Waals surface area contributed by atoms with Gasteiger partial charge >= 0.3 is 7.60 Å². The van der Waals surface area contributed by atoms with E-state index in [2.05, 4.69) is 10.0 Å². The lowest BCUT2D eigenvalue weighted by molar-refractivity contribution is 0.218. The molecule has 1 atom stereocenters. The van der Waals surface area contributed by atoms with E-state index in [1.54, 1.807) is 13.8 Å². The second-order valence-corrected chi connectivity index (χ2v) is 6.45. The summed E-state index contributed by atoms with van der Waals surface area (Å²) in [5.74, 6) is 0. The number of thiophene rings is 1. The molecule has 0 bridgehead atoms. The van der Waals surface area contributed by atoms with Gasteiger partial charge in [0.15, 0.2) is 0 Å². The van der Waals surface area contributed by atoms with Crippen LogP contribution in [-0.4, -0.2) is 19.4 Å². The third-order valence-electron chi connectivity index (χ3n) is 2.11. The molecular weight excluding hydrogens is 273 g/mol. The van der Waals surface area contributed by atoms with Crippen LogP contribution in [0.15, 0.2) is 22.6 Å². The van der Waals surface area contributed by atoms with Crippen molar-refractivity contribution in [2.24, 2.45) is 5.11 Å². The number of hydrogen-bond donors (Lipinski definition) is 0. The zero-order valence-electron chi connectivity index (χ0n) is 10.4. The molecule has 1 unspecified atom stereocenters. The standard InChI is InChI=1S/C10H16N3O3PS/c1-3-15-17(14,16-4-2)8-9(12-13-11)10-6-5-7-18-10/h5-7,9H,3-4,8H2,1-2H3. The van der Waals surface area contributed by atoms with Crippen LogP contribution in [0, 0.1) is 0 Å².